The fourth-order valence-electron chi connectivity index (χ4n) is 3.15. The fraction of sp³-hybridized carbons (Fsp3) is 0.263. The van der Waals surface area contributed by atoms with Crippen LogP contribution in [0.4, 0.5) is 5.69 Å². The Hall–Kier alpha value is -2.62. The number of rotatable bonds is 3. The van der Waals surface area contributed by atoms with Gasteiger partial charge in [0.15, 0.2) is 0 Å². The molecule has 3 aromatic rings. The molecule has 0 amide bonds. The highest BCUT2D eigenvalue weighted by molar-refractivity contribution is 5.57. The summed E-state index contributed by atoms with van der Waals surface area (Å²) in [5.74, 6) is 1.32. The summed E-state index contributed by atoms with van der Waals surface area (Å²) in [5, 5.41) is 4.11. The first kappa shape index (κ1) is 14.0. The molecular formula is C19H19N3O. The van der Waals surface area contributed by atoms with E-state index in [1.54, 1.807) is 0 Å². The third-order valence-electron chi connectivity index (χ3n) is 4.28. The van der Waals surface area contributed by atoms with E-state index >= 15 is 0 Å². The predicted molar refractivity (Wildman–Crippen MR) is 90.3 cm³/mol. The first-order valence-electron chi connectivity index (χ1n) is 8.02. The highest BCUT2D eigenvalue weighted by atomic mass is 16.5. The van der Waals surface area contributed by atoms with E-state index in [9.17, 15) is 0 Å². The second-order valence-corrected chi connectivity index (χ2v) is 6.04. The van der Waals surface area contributed by atoms with Gasteiger partial charge in [-0.25, -0.2) is 0 Å². The summed E-state index contributed by atoms with van der Waals surface area (Å²) in [6.45, 7) is 3.83. The first-order valence-corrected chi connectivity index (χ1v) is 8.02. The highest BCUT2D eigenvalue weighted by Gasteiger charge is 2.19. The van der Waals surface area contributed by atoms with Gasteiger partial charge < -0.3 is 9.42 Å². The zero-order chi connectivity index (χ0) is 15.6. The van der Waals surface area contributed by atoms with Gasteiger partial charge in [0.25, 0.3) is 0 Å². The summed E-state index contributed by atoms with van der Waals surface area (Å²) in [7, 11) is 0. The van der Waals surface area contributed by atoms with Crippen molar-refractivity contribution >= 4 is 5.69 Å². The van der Waals surface area contributed by atoms with Crippen LogP contribution in [0.3, 0.4) is 0 Å². The normalized spacial score (nSPS) is 13.9. The van der Waals surface area contributed by atoms with E-state index in [1.165, 1.54) is 16.8 Å². The van der Waals surface area contributed by atoms with Crippen molar-refractivity contribution in [2.24, 2.45) is 0 Å². The van der Waals surface area contributed by atoms with Crippen molar-refractivity contribution in [3.63, 3.8) is 0 Å². The lowest BCUT2D eigenvalue weighted by atomic mass is 10.00. The van der Waals surface area contributed by atoms with Crippen LogP contribution in [0.5, 0.6) is 0 Å². The van der Waals surface area contributed by atoms with Crippen LogP contribution in [0, 0.1) is 6.92 Å². The van der Waals surface area contributed by atoms with E-state index < -0.39 is 0 Å². The van der Waals surface area contributed by atoms with E-state index in [0.717, 1.165) is 24.9 Å². The van der Waals surface area contributed by atoms with Crippen LogP contribution in [0.1, 0.15) is 23.4 Å². The Morgan fingerprint density at radius 3 is 2.87 bits per heavy atom. The van der Waals surface area contributed by atoms with E-state index in [0.29, 0.717) is 18.3 Å². The molecule has 2 heterocycles. The number of anilines is 1. The quantitative estimate of drug-likeness (QED) is 0.733. The molecule has 0 spiro atoms. The fourth-order valence-corrected chi connectivity index (χ4v) is 3.15. The smallest absolute Gasteiger partial charge is 0.246 e. The van der Waals surface area contributed by atoms with Gasteiger partial charge in [-0.15, -0.1) is 0 Å². The maximum Gasteiger partial charge on any atom is 0.246 e. The molecule has 1 aliphatic heterocycles. The van der Waals surface area contributed by atoms with Crippen molar-refractivity contribution < 1.29 is 4.52 Å². The van der Waals surface area contributed by atoms with Crippen molar-refractivity contribution in [3.05, 3.63) is 65.5 Å². The third-order valence-corrected chi connectivity index (χ3v) is 4.28. The Labute approximate surface area is 135 Å². The summed E-state index contributed by atoms with van der Waals surface area (Å²) in [6, 6.07) is 16.6. The van der Waals surface area contributed by atoms with Gasteiger partial charge in [-0.3, -0.25) is 0 Å². The van der Waals surface area contributed by atoms with E-state index in [-0.39, 0.29) is 0 Å². The van der Waals surface area contributed by atoms with Crippen molar-refractivity contribution in [1.82, 2.24) is 10.1 Å². The molecule has 4 nitrogen and oxygen atoms in total. The number of nitrogens with zero attached hydrogens (tertiary/aromatic N) is 3. The average molecular weight is 305 g/mol. The van der Waals surface area contributed by atoms with Crippen molar-refractivity contribution in [2.75, 3.05) is 11.4 Å². The van der Waals surface area contributed by atoms with Gasteiger partial charge >= 0.3 is 0 Å². The van der Waals surface area contributed by atoms with Crippen molar-refractivity contribution in [1.29, 1.82) is 0 Å². The predicted octanol–water partition coefficient (Wildman–Crippen LogP) is 4.00. The zero-order valence-electron chi connectivity index (χ0n) is 13.2. The Morgan fingerprint density at radius 1 is 1.13 bits per heavy atom. The molecule has 116 valence electrons. The highest BCUT2D eigenvalue weighted by Crippen LogP contribution is 2.29. The molecule has 0 saturated carbocycles. The minimum Gasteiger partial charge on any atom is -0.362 e. The molecule has 1 aromatic heterocycles. The van der Waals surface area contributed by atoms with Gasteiger partial charge in [-0.2, -0.15) is 4.98 Å². The Morgan fingerprint density at radius 2 is 2.00 bits per heavy atom. The zero-order valence-corrected chi connectivity index (χ0v) is 13.2. The molecule has 4 heteroatoms. The largest absolute Gasteiger partial charge is 0.362 e. The van der Waals surface area contributed by atoms with Crippen LogP contribution in [0.2, 0.25) is 0 Å². The minimum atomic E-state index is 0.654. The van der Waals surface area contributed by atoms with Crippen LogP contribution < -0.4 is 4.90 Å². The van der Waals surface area contributed by atoms with Gasteiger partial charge in [0.05, 0.1) is 6.54 Å². The van der Waals surface area contributed by atoms with E-state index in [2.05, 4.69) is 40.2 Å². The molecule has 0 fully saturated rings. The molecule has 0 N–H and O–H groups in total. The molecule has 23 heavy (non-hydrogen) atoms. The van der Waals surface area contributed by atoms with Crippen molar-refractivity contribution in [3.8, 4) is 11.4 Å². The second kappa shape index (κ2) is 5.88. The number of aromatic nitrogens is 2. The number of benzene rings is 2. The summed E-state index contributed by atoms with van der Waals surface area (Å²) in [5.41, 5.74) is 5.01. The van der Waals surface area contributed by atoms with Gasteiger partial charge in [0.1, 0.15) is 0 Å². The lowest BCUT2D eigenvalue weighted by molar-refractivity contribution is 0.375. The van der Waals surface area contributed by atoms with Crippen LogP contribution in [-0.4, -0.2) is 16.7 Å². The van der Waals surface area contributed by atoms with Crippen LogP contribution in [0.25, 0.3) is 11.4 Å². The summed E-state index contributed by atoms with van der Waals surface area (Å²) in [6.07, 6.45) is 2.31. The molecule has 1 aliphatic rings. The van der Waals surface area contributed by atoms with Gasteiger partial charge in [-0.05, 0) is 31.4 Å². The number of hydrogen-bond acceptors (Lipinski definition) is 4. The Bertz CT molecular complexity index is 810. The molecule has 0 unspecified atom stereocenters. The summed E-state index contributed by atoms with van der Waals surface area (Å²) in [4.78, 5) is 6.88. The SMILES string of the molecule is Cc1ccc2c(c1)CCCN2Cc1nc(-c2ccccc2)no1. The standard InChI is InChI=1S/C19H19N3O/c1-14-9-10-17-16(12-14)8-5-11-22(17)13-18-20-19(21-23-18)15-6-3-2-4-7-15/h2-4,6-7,9-10,12H,5,8,11,13H2,1H3. The Balaban J connectivity index is 1.57. The minimum absolute atomic E-state index is 0.654. The van der Waals surface area contributed by atoms with Crippen LogP contribution >= 0.6 is 0 Å². The number of hydrogen-bond donors (Lipinski definition) is 0. The molecule has 4 rings (SSSR count). The van der Waals surface area contributed by atoms with Crippen LogP contribution in [-0.2, 0) is 13.0 Å². The van der Waals surface area contributed by atoms with Crippen molar-refractivity contribution in [2.45, 2.75) is 26.3 Å². The number of aryl methyl sites for hydroxylation is 2. The molecule has 2 aromatic carbocycles. The molecule has 0 saturated heterocycles. The molecule has 0 atom stereocenters. The van der Waals surface area contributed by atoms with Gasteiger partial charge in [-0.1, -0.05) is 53.2 Å². The lowest BCUT2D eigenvalue weighted by Crippen LogP contribution is -2.28. The second-order valence-electron chi connectivity index (χ2n) is 6.04. The van der Waals surface area contributed by atoms with E-state index in [1.807, 2.05) is 30.3 Å². The van der Waals surface area contributed by atoms with Gasteiger partial charge in [0, 0.05) is 17.8 Å². The molecule has 0 radical (unpaired) electrons. The maximum atomic E-state index is 5.46. The molecule has 0 bridgehead atoms. The number of fused-ring (bicyclic) bond motifs is 1. The lowest BCUT2D eigenvalue weighted by Gasteiger charge is -2.30. The summed E-state index contributed by atoms with van der Waals surface area (Å²) >= 11 is 0. The van der Waals surface area contributed by atoms with Gasteiger partial charge in [0.2, 0.25) is 11.7 Å². The Kier molecular flexibility index (Phi) is 3.58. The van der Waals surface area contributed by atoms with Crippen LogP contribution in [0.15, 0.2) is 53.1 Å². The third kappa shape index (κ3) is 2.84. The first-order chi connectivity index (χ1) is 11.3. The van der Waals surface area contributed by atoms with E-state index in [4.69, 9.17) is 4.52 Å². The topological polar surface area (TPSA) is 42.2 Å². The molecular weight excluding hydrogens is 286 g/mol. The summed E-state index contributed by atoms with van der Waals surface area (Å²) < 4.78 is 5.46. The molecule has 0 aliphatic carbocycles. The maximum absolute atomic E-state index is 5.46. The monoisotopic (exact) mass is 305 g/mol. The average Bonchev–Trinajstić information content (AvgIpc) is 3.04.